The summed E-state index contributed by atoms with van der Waals surface area (Å²) >= 11 is 0. The highest BCUT2D eigenvalue weighted by Crippen LogP contribution is 2.34. The number of para-hydroxylation sites is 1. The molecule has 6 heteroatoms. The van der Waals surface area contributed by atoms with Crippen LogP contribution in [0.4, 0.5) is 0 Å². The molecule has 1 aliphatic carbocycles. The molecule has 0 aliphatic heterocycles. The zero-order valence-corrected chi connectivity index (χ0v) is 20.9. The Kier molecular flexibility index (Phi) is 8.74. The van der Waals surface area contributed by atoms with Crippen LogP contribution in [0.25, 0.3) is 5.69 Å². The van der Waals surface area contributed by atoms with E-state index in [0.717, 1.165) is 41.5 Å². The Morgan fingerprint density at radius 3 is 2.57 bits per heavy atom. The molecule has 1 fully saturated rings. The third-order valence-corrected chi connectivity index (χ3v) is 6.20. The van der Waals surface area contributed by atoms with Crippen molar-refractivity contribution in [2.75, 3.05) is 26.3 Å². The second-order valence-corrected chi connectivity index (χ2v) is 9.36. The fourth-order valence-corrected chi connectivity index (χ4v) is 4.22. The summed E-state index contributed by atoms with van der Waals surface area (Å²) in [7, 11) is 0. The molecule has 1 unspecified atom stereocenters. The Labute approximate surface area is 208 Å². The van der Waals surface area contributed by atoms with Crippen molar-refractivity contribution in [1.82, 2.24) is 14.7 Å². The van der Waals surface area contributed by atoms with Crippen molar-refractivity contribution in [3.8, 4) is 17.3 Å². The van der Waals surface area contributed by atoms with Crippen LogP contribution in [0.5, 0.6) is 11.6 Å². The minimum Gasteiger partial charge on any atom is -0.439 e. The SMILES string of the molecule is C=CCOCC(O)CN(Cc1c(CC)nn(-c2ccccc2)c1Oc1ccc(C)cc1)CC1CC1. The summed E-state index contributed by atoms with van der Waals surface area (Å²) in [5, 5.41) is 15.6. The fraction of sp³-hybridized carbons (Fsp3) is 0.414. The molecule has 35 heavy (non-hydrogen) atoms. The molecule has 0 bridgehead atoms. The first kappa shape index (κ1) is 25.2. The molecule has 1 saturated carbocycles. The van der Waals surface area contributed by atoms with Gasteiger partial charge in [0, 0.05) is 19.6 Å². The molecule has 1 atom stereocenters. The minimum atomic E-state index is -0.565. The number of aromatic nitrogens is 2. The van der Waals surface area contributed by atoms with Crippen LogP contribution in [0.15, 0.2) is 67.3 Å². The molecule has 0 saturated heterocycles. The Hall–Kier alpha value is -2.93. The molecular formula is C29H37N3O3. The predicted molar refractivity (Wildman–Crippen MR) is 139 cm³/mol. The summed E-state index contributed by atoms with van der Waals surface area (Å²) in [5.74, 6) is 2.20. The standard InChI is InChI=1S/C29H37N3O3/c1-4-17-34-21-25(33)19-31(18-23-13-14-23)20-27-28(5-2)30-32(24-9-7-6-8-10-24)29(27)35-26-15-11-22(3)12-16-26/h4,6-12,15-16,23,25,33H,1,5,13-14,17-21H2,2-3H3. The van der Waals surface area contributed by atoms with Gasteiger partial charge in [-0.1, -0.05) is 48.9 Å². The van der Waals surface area contributed by atoms with E-state index in [9.17, 15) is 5.11 Å². The second-order valence-electron chi connectivity index (χ2n) is 9.36. The Bertz CT molecular complexity index is 1070. The molecule has 6 nitrogen and oxygen atoms in total. The molecule has 1 N–H and O–H groups in total. The molecule has 1 aromatic heterocycles. The number of aliphatic hydroxyl groups is 1. The van der Waals surface area contributed by atoms with Gasteiger partial charge in [-0.25, -0.2) is 4.68 Å². The van der Waals surface area contributed by atoms with Crippen LogP contribution < -0.4 is 4.74 Å². The van der Waals surface area contributed by atoms with Gasteiger partial charge in [-0.3, -0.25) is 4.90 Å². The number of aryl methyl sites for hydroxylation is 2. The maximum atomic E-state index is 10.6. The van der Waals surface area contributed by atoms with Gasteiger partial charge >= 0.3 is 0 Å². The predicted octanol–water partition coefficient (Wildman–Crippen LogP) is 5.31. The maximum Gasteiger partial charge on any atom is 0.227 e. The Morgan fingerprint density at radius 1 is 1.17 bits per heavy atom. The second kappa shape index (κ2) is 12.2. The third kappa shape index (κ3) is 7.04. The van der Waals surface area contributed by atoms with Crippen LogP contribution in [0, 0.1) is 12.8 Å². The smallest absolute Gasteiger partial charge is 0.227 e. The normalized spacial score (nSPS) is 14.3. The van der Waals surface area contributed by atoms with E-state index in [1.165, 1.54) is 18.4 Å². The zero-order valence-electron chi connectivity index (χ0n) is 20.9. The van der Waals surface area contributed by atoms with Gasteiger partial charge in [0.2, 0.25) is 5.88 Å². The van der Waals surface area contributed by atoms with Crippen molar-refractivity contribution in [1.29, 1.82) is 0 Å². The van der Waals surface area contributed by atoms with E-state index in [1.807, 2.05) is 47.1 Å². The lowest BCUT2D eigenvalue weighted by atomic mass is 10.1. The molecule has 4 rings (SSSR count). The van der Waals surface area contributed by atoms with Crippen molar-refractivity contribution in [2.45, 2.75) is 45.8 Å². The molecule has 1 aliphatic rings. The van der Waals surface area contributed by atoms with Gasteiger partial charge < -0.3 is 14.6 Å². The van der Waals surface area contributed by atoms with Gasteiger partial charge in [0.15, 0.2) is 0 Å². The number of hydrogen-bond donors (Lipinski definition) is 1. The lowest BCUT2D eigenvalue weighted by Gasteiger charge is -2.25. The summed E-state index contributed by atoms with van der Waals surface area (Å²) in [6, 6.07) is 18.2. The van der Waals surface area contributed by atoms with Crippen molar-refractivity contribution >= 4 is 0 Å². The topological polar surface area (TPSA) is 59.8 Å². The van der Waals surface area contributed by atoms with E-state index in [-0.39, 0.29) is 0 Å². The Morgan fingerprint density at radius 2 is 1.91 bits per heavy atom. The molecule has 0 spiro atoms. The summed E-state index contributed by atoms with van der Waals surface area (Å²) in [6.45, 7) is 10.8. The molecule has 186 valence electrons. The highest BCUT2D eigenvalue weighted by molar-refractivity contribution is 5.44. The van der Waals surface area contributed by atoms with Crippen LogP contribution in [-0.2, 0) is 17.7 Å². The number of benzene rings is 2. The van der Waals surface area contributed by atoms with Gasteiger partial charge in [-0.2, -0.15) is 5.10 Å². The molecule has 3 aromatic rings. The first-order chi connectivity index (χ1) is 17.1. The highest BCUT2D eigenvalue weighted by Gasteiger charge is 2.28. The first-order valence-corrected chi connectivity index (χ1v) is 12.6. The molecule has 2 aromatic carbocycles. The number of ether oxygens (including phenoxy) is 2. The minimum absolute atomic E-state index is 0.295. The molecule has 0 radical (unpaired) electrons. The molecular weight excluding hydrogens is 438 g/mol. The number of aliphatic hydroxyl groups excluding tert-OH is 1. The monoisotopic (exact) mass is 475 g/mol. The van der Waals surface area contributed by atoms with Crippen molar-refractivity contribution in [3.05, 3.63) is 84.1 Å². The van der Waals surface area contributed by atoms with E-state index in [2.05, 4.69) is 37.5 Å². The van der Waals surface area contributed by atoms with E-state index in [4.69, 9.17) is 14.6 Å². The van der Waals surface area contributed by atoms with Crippen LogP contribution in [-0.4, -0.2) is 52.2 Å². The first-order valence-electron chi connectivity index (χ1n) is 12.6. The van der Waals surface area contributed by atoms with E-state index >= 15 is 0 Å². The van der Waals surface area contributed by atoms with Crippen molar-refractivity contribution < 1.29 is 14.6 Å². The van der Waals surface area contributed by atoms with Gasteiger partial charge in [-0.05, 0) is 56.4 Å². The van der Waals surface area contributed by atoms with E-state index in [0.29, 0.717) is 32.2 Å². The van der Waals surface area contributed by atoms with Gasteiger partial charge in [0.1, 0.15) is 5.75 Å². The summed E-state index contributed by atoms with van der Waals surface area (Å²) in [4.78, 5) is 2.33. The summed E-state index contributed by atoms with van der Waals surface area (Å²) in [6.07, 6.45) is 4.42. The zero-order chi connectivity index (χ0) is 24.6. The van der Waals surface area contributed by atoms with Gasteiger partial charge in [0.25, 0.3) is 0 Å². The number of nitrogens with zero attached hydrogens (tertiary/aromatic N) is 3. The number of hydrogen-bond acceptors (Lipinski definition) is 5. The Balaban J connectivity index is 1.65. The van der Waals surface area contributed by atoms with Crippen LogP contribution in [0.3, 0.4) is 0 Å². The van der Waals surface area contributed by atoms with E-state index in [1.54, 1.807) is 6.08 Å². The van der Waals surface area contributed by atoms with Crippen LogP contribution >= 0.6 is 0 Å². The third-order valence-electron chi connectivity index (χ3n) is 6.20. The van der Waals surface area contributed by atoms with Crippen molar-refractivity contribution in [2.24, 2.45) is 5.92 Å². The average molecular weight is 476 g/mol. The summed E-state index contributed by atoms with van der Waals surface area (Å²) < 4.78 is 13.9. The fourth-order valence-electron chi connectivity index (χ4n) is 4.22. The van der Waals surface area contributed by atoms with Crippen LogP contribution in [0.1, 0.15) is 36.6 Å². The largest absolute Gasteiger partial charge is 0.439 e. The van der Waals surface area contributed by atoms with Crippen molar-refractivity contribution in [3.63, 3.8) is 0 Å². The maximum absolute atomic E-state index is 10.6. The summed E-state index contributed by atoms with van der Waals surface area (Å²) in [5.41, 5.74) is 4.22. The van der Waals surface area contributed by atoms with Gasteiger partial charge in [-0.15, -0.1) is 6.58 Å². The molecule has 1 heterocycles. The average Bonchev–Trinajstić information content (AvgIpc) is 3.62. The van der Waals surface area contributed by atoms with E-state index < -0.39 is 6.10 Å². The quantitative estimate of drug-likeness (QED) is 0.253. The lowest BCUT2D eigenvalue weighted by Crippen LogP contribution is -2.36. The van der Waals surface area contributed by atoms with Crippen LogP contribution in [0.2, 0.25) is 0 Å². The number of rotatable bonds is 14. The molecule has 0 amide bonds. The highest BCUT2D eigenvalue weighted by atomic mass is 16.5. The van der Waals surface area contributed by atoms with Gasteiger partial charge in [0.05, 0.1) is 36.3 Å². The lowest BCUT2D eigenvalue weighted by molar-refractivity contribution is 0.0235.